The Labute approximate surface area is 122 Å². The number of fused-ring (bicyclic) bond motifs is 1. The standard InChI is InChI=1S/C16H17N3S/c1-11-8-9-20-16(11)15(19-17)10-13-7-6-12-4-2-3-5-14(12)18-13/h2-9,15,19H,10,17H2,1H3. The number of nitrogens with two attached hydrogens (primary N) is 1. The summed E-state index contributed by atoms with van der Waals surface area (Å²) in [6.07, 6.45) is 0.794. The van der Waals surface area contributed by atoms with Crippen molar-refractivity contribution in [3.8, 4) is 0 Å². The van der Waals surface area contributed by atoms with Crippen molar-refractivity contribution in [2.45, 2.75) is 19.4 Å². The van der Waals surface area contributed by atoms with E-state index in [2.05, 4.69) is 42.0 Å². The molecule has 1 aromatic carbocycles. The molecule has 0 fully saturated rings. The highest BCUT2D eigenvalue weighted by atomic mass is 32.1. The van der Waals surface area contributed by atoms with Crippen molar-refractivity contribution in [3.63, 3.8) is 0 Å². The molecule has 3 N–H and O–H groups in total. The van der Waals surface area contributed by atoms with Crippen molar-refractivity contribution in [2.75, 3.05) is 0 Å². The number of hydrazine groups is 1. The number of para-hydroxylation sites is 1. The number of benzene rings is 1. The molecule has 3 rings (SSSR count). The van der Waals surface area contributed by atoms with Gasteiger partial charge in [0.2, 0.25) is 0 Å². The molecule has 0 amide bonds. The average Bonchev–Trinajstić information content (AvgIpc) is 2.91. The van der Waals surface area contributed by atoms with E-state index in [1.54, 1.807) is 11.3 Å². The van der Waals surface area contributed by atoms with E-state index in [9.17, 15) is 0 Å². The molecule has 0 saturated heterocycles. The normalized spacial score (nSPS) is 12.7. The molecule has 102 valence electrons. The number of hydrogen-bond donors (Lipinski definition) is 2. The maximum absolute atomic E-state index is 5.72. The van der Waals surface area contributed by atoms with E-state index in [0.717, 1.165) is 17.6 Å². The summed E-state index contributed by atoms with van der Waals surface area (Å²) in [4.78, 5) is 5.99. The van der Waals surface area contributed by atoms with Crippen LogP contribution in [-0.2, 0) is 6.42 Å². The second kappa shape index (κ2) is 5.71. The van der Waals surface area contributed by atoms with Gasteiger partial charge in [0.05, 0.1) is 11.6 Å². The Bertz CT molecular complexity index is 720. The molecule has 3 aromatic rings. The molecule has 20 heavy (non-hydrogen) atoms. The third kappa shape index (κ3) is 2.58. The molecule has 0 aliphatic rings. The van der Waals surface area contributed by atoms with Crippen molar-refractivity contribution in [1.82, 2.24) is 10.4 Å². The predicted octanol–water partition coefficient (Wildman–Crippen LogP) is 3.35. The van der Waals surface area contributed by atoms with Crippen LogP contribution in [0.1, 0.15) is 22.2 Å². The van der Waals surface area contributed by atoms with Crippen LogP contribution in [0.5, 0.6) is 0 Å². The van der Waals surface area contributed by atoms with Crippen molar-refractivity contribution < 1.29 is 0 Å². The number of aromatic nitrogens is 1. The molecule has 1 atom stereocenters. The Balaban J connectivity index is 1.89. The van der Waals surface area contributed by atoms with Gasteiger partial charge in [0.25, 0.3) is 0 Å². The predicted molar refractivity (Wildman–Crippen MR) is 84.6 cm³/mol. The molecule has 0 saturated carbocycles. The fraction of sp³-hybridized carbons (Fsp3) is 0.188. The number of thiophene rings is 1. The molecular formula is C16H17N3S. The fourth-order valence-corrected chi connectivity index (χ4v) is 3.39. The number of nitrogens with zero attached hydrogens (tertiary/aromatic N) is 1. The molecule has 0 radical (unpaired) electrons. The maximum atomic E-state index is 5.72. The average molecular weight is 283 g/mol. The smallest absolute Gasteiger partial charge is 0.0705 e. The molecule has 4 heteroatoms. The SMILES string of the molecule is Cc1ccsc1C(Cc1ccc2ccccc2n1)NN. The topological polar surface area (TPSA) is 50.9 Å². The molecule has 0 aliphatic heterocycles. The first-order valence-corrected chi connectivity index (χ1v) is 7.50. The zero-order chi connectivity index (χ0) is 13.9. The Kier molecular flexibility index (Phi) is 3.78. The maximum Gasteiger partial charge on any atom is 0.0705 e. The Morgan fingerprint density at radius 2 is 2.05 bits per heavy atom. The van der Waals surface area contributed by atoms with Crippen LogP contribution in [0.25, 0.3) is 10.9 Å². The van der Waals surface area contributed by atoms with E-state index in [1.165, 1.54) is 15.8 Å². The minimum Gasteiger partial charge on any atom is -0.271 e. The fourth-order valence-electron chi connectivity index (χ4n) is 2.40. The monoisotopic (exact) mass is 283 g/mol. The zero-order valence-corrected chi connectivity index (χ0v) is 12.2. The number of nitrogens with one attached hydrogen (secondary N) is 1. The van der Waals surface area contributed by atoms with Gasteiger partial charge in [0.15, 0.2) is 0 Å². The summed E-state index contributed by atoms with van der Waals surface area (Å²) >= 11 is 1.73. The Morgan fingerprint density at radius 3 is 2.80 bits per heavy atom. The van der Waals surface area contributed by atoms with Gasteiger partial charge in [-0.15, -0.1) is 11.3 Å². The molecule has 0 spiro atoms. The summed E-state index contributed by atoms with van der Waals surface area (Å²) in [7, 11) is 0. The van der Waals surface area contributed by atoms with Crippen LogP contribution < -0.4 is 11.3 Å². The van der Waals surface area contributed by atoms with Gasteiger partial charge in [0.1, 0.15) is 0 Å². The van der Waals surface area contributed by atoms with Gasteiger partial charge in [0, 0.05) is 22.4 Å². The largest absolute Gasteiger partial charge is 0.271 e. The second-order valence-electron chi connectivity index (χ2n) is 4.89. The molecule has 1 unspecified atom stereocenters. The zero-order valence-electron chi connectivity index (χ0n) is 11.3. The van der Waals surface area contributed by atoms with Gasteiger partial charge < -0.3 is 0 Å². The van der Waals surface area contributed by atoms with Crippen LogP contribution in [-0.4, -0.2) is 4.98 Å². The van der Waals surface area contributed by atoms with Crippen LogP contribution in [0.2, 0.25) is 0 Å². The molecular weight excluding hydrogens is 266 g/mol. The molecule has 2 heterocycles. The van der Waals surface area contributed by atoms with Crippen LogP contribution >= 0.6 is 11.3 Å². The van der Waals surface area contributed by atoms with E-state index >= 15 is 0 Å². The number of rotatable bonds is 4. The first kappa shape index (κ1) is 13.2. The number of aryl methyl sites for hydroxylation is 1. The summed E-state index contributed by atoms with van der Waals surface area (Å²) in [6, 6.07) is 14.6. The first-order valence-electron chi connectivity index (χ1n) is 6.62. The highest BCUT2D eigenvalue weighted by Crippen LogP contribution is 2.26. The lowest BCUT2D eigenvalue weighted by molar-refractivity contribution is 0.553. The third-order valence-electron chi connectivity index (χ3n) is 3.49. The Morgan fingerprint density at radius 1 is 1.20 bits per heavy atom. The van der Waals surface area contributed by atoms with Crippen molar-refractivity contribution >= 4 is 22.2 Å². The highest BCUT2D eigenvalue weighted by molar-refractivity contribution is 7.10. The summed E-state index contributed by atoms with van der Waals surface area (Å²) in [6.45, 7) is 2.12. The van der Waals surface area contributed by atoms with Crippen molar-refractivity contribution in [2.24, 2.45) is 5.84 Å². The molecule has 0 bridgehead atoms. The van der Waals surface area contributed by atoms with Crippen LogP contribution in [0.4, 0.5) is 0 Å². The van der Waals surface area contributed by atoms with Crippen LogP contribution in [0.3, 0.4) is 0 Å². The summed E-state index contributed by atoms with van der Waals surface area (Å²) in [5, 5.41) is 3.27. The van der Waals surface area contributed by atoms with E-state index in [0.29, 0.717) is 0 Å². The van der Waals surface area contributed by atoms with Gasteiger partial charge in [-0.25, -0.2) is 0 Å². The number of hydrogen-bond acceptors (Lipinski definition) is 4. The molecule has 2 aromatic heterocycles. The highest BCUT2D eigenvalue weighted by Gasteiger charge is 2.15. The van der Waals surface area contributed by atoms with Gasteiger partial charge in [-0.3, -0.25) is 16.3 Å². The van der Waals surface area contributed by atoms with Gasteiger partial charge in [-0.05, 0) is 36.1 Å². The van der Waals surface area contributed by atoms with Crippen LogP contribution in [0, 0.1) is 6.92 Å². The minimum atomic E-state index is 0.115. The lowest BCUT2D eigenvalue weighted by atomic mass is 10.1. The summed E-state index contributed by atoms with van der Waals surface area (Å²) in [5.41, 5.74) is 6.28. The minimum absolute atomic E-state index is 0.115. The van der Waals surface area contributed by atoms with Gasteiger partial charge in [-0.2, -0.15) is 0 Å². The van der Waals surface area contributed by atoms with E-state index in [1.807, 2.05) is 18.2 Å². The first-order chi connectivity index (χ1) is 9.78. The number of pyridine rings is 1. The quantitative estimate of drug-likeness (QED) is 0.570. The summed E-state index contributed by atoms with van der Waals surface area (Å²) in [5.74, 6) is 5.72. The third-order valence-corrected chi connectivity index (χ3v) is 4.62. The lowest BCUT2D eigenvalue weighted by Crippen LogP contribution is -2.29. The Hall–Kier alpha value is -1.75. The van der Waals surface area contributed by atoms with Gasteiger partial charge in [-0.1, -0.05) is 24.3 Å². The van der Waals surface area contributed by atoms with E-state index in [-0.39, 0.29) is 6.04 Å². The molecule has 3 nitrogen and oxygen atoms in total. The van der Waals surface area contributed by atoms with Gasteiger partial charge >= 0.3 is 0 Å². The summed E-state index contributed by atoms with van der Waals surface area (Å²) < 4.78 is 0. The van der Waals surface area contributed by atoms with Crippen molar-refractivity contribution in [3.05, 3.63) is 64.0 Å². The van der Waals surface area contributed by atoms with Crippen LogP contribution in [0.15, 0.2) is 47.8 Å². The molecule has 0 aliphatic carbocycles. The second-order valence-corrected chi connectivity index (χ2v) is 5.83. The lowest BCUT2D eigenvalue weighted by Gasteiger charge is -2.15. The van der Waals surface area contributed by atoms with E-state index in [4.69, 9.17) is 10.8 Å². The van der Waals surface area contributed by atoms with E-state index < -0.39 is 0 Å². The van der Waals surface area contributed by atoms with Crippen molar-refractivity contribution in [1.29, 1.82) is 0 Å².